The molecule has 1 aromatic carbocycles. The molecule has 1 aromatic heterocycles. The number of carbonyl (C=O) groups excluding carboxylic acids is 1. The molecule has 0 fully saturated rings. The van der Waals surface area contributed by atoms with Crippen LogP contribution in [0.1, 0.15) is 0 Å². The molecule has 1 heterocycles. The van der Waals surface area contributed by atoms with Gasteiger partial charge in [0, 0.05) is 36.2 Å². The Kier molecular flexibility index (Phi) is 4.25. The zero-order valence-corrected chi connectivity index (χ0v) is 10.5. The van der Waals surface area contributed by atoms with Gasteiger partial charge in [0.1, 0.15) is 0 Å². The third kappa shape index (κ3) is 3.82. The van der Waals surface area contributed by atoms with Crippen molar-refractivity contribution in [1.29, 1.82) is 0 Å². The summed E-state index contributed by atoms with van der Waals surface area (Å²) in [6.07, 6.45) is 3.91. The van der Waals surface area contributed by atoms with Crippen LogP contribution in [0.5, 0.6) is 0 Å². The number of rotatable bonds is 4. The van der Waals surface area contributed by atoms with E-state index in [1.807, 2.05) is 29.1 Å². The lowest BCUT2D eigenvalue weighted by atomic mass is 10.3. The number of benzene rings is 1. The molecular formula is C13H14ClN3O. The first-order valence-electron chi connectivity index (χ1n) is 5.65. The quantitative estimate of drug-likeness (QED) is 0.875. The summed E-state index contributed by atoms with van der Waals surface area (Å²) in [7, 11) is 0. The molecule has 0 aliphatic rings. The minimum absolute atomic E-state index is 0.232. The Morgan fingerprint density at radius 2 is 2.00 bits per heavy atom. The van der Waals surface area contributed by atoms with Crippen molar-refractivity contribution in [3.05, 3.63) is 53.8 Å². The van der Waals surface area contributed by atoms with E-state index in [9.17, 15) is 4.79 Å². The monoisotopic (exact) mass is 263 g/mol. The topological polar surface area (TPSA) is 46.1 Å². The number of aromatic nitrogens is 1. The third-order valence-corrected chi connectivity index (χ3v) is 2.64. The van der Waals surface area contributed by atoms with Gasteiger partial charge >= 0.3 is 6.03 Å². The summed E-state index contributed by atoms with van der Waals surface area (Å²) in [4.78, 5) is 11.6. The van der Waals surface area contributed by atoms with Crippen LogP contribution < -0.4 is 10.6 Å². The van der Waals surface area contributed by atoms with E-state index in [1.165, 1.54) is 0 Å². The van der Waals surface area contributed by atoms with Crippen LogP contribution in [0.15, 0.2) is 48.8 Å². The van der Waals surface area contributed by atoms with Crippen LogP contribution in [0.3, 0.4) is 0 Å². The van der Waals surface area contributed by atoms with Gasteiger partial charge in [-0.05, 0) is 30.3 Å². The van der Waals surface area contributed by atoms with Crippen molar-refractivity contribution in [1.82, 2.24) is 9.88 Å². The van der Waals surface area contributed by atoms with Gasteiger partial charge in [0.25, 0.3) is 0 Å². The molecule has 0 spiro atoms. The number of hydrogen-bond donors (Lipinski definition) is 2. The van der Waals surface area contributed by atoms with Crippen molar-refractivity contribution >= 4 is 23.3 Å². The number of urea groups is 1. The van der Waals surface area contributed by atoms with Gasteiger partial charge in [-0.2, -0.15) is 0 Å². The van der Waals surface area contributed by atoms with E-state index in [4.69, 9.17) is 11.6 Å². The van der Waals surface area contributed by atoms with Gasteiger partial charge in [0.15, 0.2) is 0 Å². The summed E-state index contributed by atoms with van der Waals surface area (Å²) >= 11 is 5.83. The number of nitrogens with one attached hydrogen (secondary N) is 2. The summed E-state index contributed by atoms with van der Waals surface area (Å²) in [5.41, 5.74) is 0.681. The van der Waals surface area contributed by atoms with E-state index in [2.05, 4.69) is 10.6 Å². The third-order valence-electron chi connectivity index (χ3n) is 2.40. The van der Waals surface area contributed by atoms with Gasteiger partial charge < -0.3 is 15.2 Å². The maximum atomic E-state index is 11.6. The van der Waals surface area contributed by atoms with Crippen LogP contribution in [-0.2, 0) is 6.54 Å². The summed E-state index contributed by atoms with van der Waals surface area (Å²) in [6, 6.07) is 10.7. The zero-order chi connectivity index (χ0) is 12.8. The van der Waals surface area contributed by atoms with Crippen LogP contribution in [0, 0.1) is 0 Å². The molecule has 2 amide bonds. The summed E-state index contributed by atoms with van der Waals surface area (Å²) in [5.74, 6) is 0. The molecule has 0 bridgehead atoms. The highest BCUT2D eigenvalue weighted by atomic mass is 35.5. The summed E-state index contributed by atoms with van der Waals surface area (Å²) in [5, 5.41) is 6.09. The normalized spacial score (nSPS) is 10.1. The molecule has 0 saturated heterocycles. The van der Waals surface area contributed by atoms with Crippen LogP contribution >= 0.6 is 11.6 Å². The average molecular weight is 264 g/mol. The lowest BCUT2D eigenvalue weighted by Crippen LogP contribution is -2.31. The van der Waals surface area contributed by atoms with E-state index in [-0.39, 0.29) is 6.03 Å². The Bertz CT molecular complexity index is 511. The minimum atomic E-state index is -0.232. The molecule has 0 radical (unpaired) electrons. The van der Waals surface area contributed by atoms with E-state index in [1.54, 1.807) is 24.3 Å². The van der Waals surface area contributed by atoms with Gasteiger partial charge in [-0.3, -0.25) is 0 Å². The molecule has 94 valence electrons. The first kappa shape index (κ1) is 12.5. The van der Waals surface area contributed by atoms with Crippen molar-refractivity contribution in [2.75, 3.05) is 11.9 Å². The second-order valence-corrected chi connectivity index (χ2v) is 4.25. The van der Waals surface area contributed by atoms with Gasteiger partial charge in [-0.25, -0.2) is 4.79 Å². The first-order chi connectivity index (χ1) is 8.74. The average Bonchev–Trinajstić information content (AvgIpc) is 2.82. The van der Waals surface area contributed by atoms with Gasteiger partial charge in [0.2, 0.25) is 0 Å². The molecule has 0 aliphatic carbocycles. The number of carbonyl (C=O) groups is 1. The van der Waals surface area contributed by atoms with Gasteiger partial charge in [-0.1, -0.05) is 17.7 Å². The van der Waals surface area contributed by atoms with Crippen LogP contribution in [-0.4, -0.2) is 17.1 Å². The van der Waals surface area contributed by atoms with E-state index >= 15 is 0 Å². The molecule has 2 N–H and O–H groups in total. The minimum Gasteiger partial charge on any atom is -0.353 e. The predicted octanol–water partition coefficient (Wildman–Crippen LogP) is 2.96. The number of hydrogen-bond acceptors (Lipinski definition) is 1. The molecule has 0 unspecified atom stereocenters. The number of anilines is 1. The second-order valence-electron chi connectivity index (χ2n) is 3.81. The Hall–Kier alpha value is -1.94. The molecule has 0 saturated carbocycles. The maximum Gasteiger partial charge on any atom is 0.319 e. The fraction of sp³-hybridized carbons (Fsp3) is 0.154. The highest BCUT2D eigenvalue weighted by Crippen LogP contribution is 2.14. The van der Waals surface area contributed by atoms with Crippen molar-refractivity contribution in [2.24, 2.45) is 0 Å². The fourth-order valence-electron chi connectivity index (χ4n) is 1.56. The van der Waals surface area contributed by atoms with E-state index in [0.29, 0.717) is 17.3 Å². The Morgan fingerprint density at radius 1 is 1.22 bits per heavy atom. The van der Waals surface area contributed by atoms with Crippen LogP contribution in [0.2, 0.25) is 5.02 Å². The highest BCUT2D eigenvalue weighted by Gasteiger charge is 2.01. The molecule has 5 heteroatoms. The van der Waals surface area contributed by atoms with Crippen molar-refractivity contribution in [3.63, 3.8) is 0 Å². The van der Waals surface area contributed by atoms with Crippen molar-refractivity contribution in [3.8, 4) is 0 Å². The van der Waals surface area contributed by atoms with Gasteiger partial charge in [0.05, 0.1) is 0 Å². The SMILES string of the molecule is O=C(NCCn1cccc1)Nc1cccc(Cl)c1. The lowest BCUT2D eigenvalue weighted by molar-refractivity contribution is 0.251. The molecule has 2 aromatic rings. The fourth-order valence-corrected chi connectivity index (χ4v) is 1.75. The second kappa shape index (κ2) is 6.12. The Balaban J connectivity index is 1.75. The Morgan fingerprint density at radius 3 is 2.72 bits per heavy atom. The Labute approximate surface area is 111 Å². The lowest BCUT2D eigenvalue weighted by Gasteiger charge is -2.08. The van der Waals surface area contributed by atoms with Crippen molar-refractivity contribution < 1.29 is 4.79 Å². The van der Waals surface area contributed by atoms with Crippen molar-refractivity contribution in [2.45, 2.75) is 6.54 Å². The molecule has 4 nitrogen and oxygen atoms in total. The maximum absolute atomic E-state index is 11.6. The molecule has 18 heavy (non-hydrogen) atoms. The van der Waals surface area contributed by atoms with Gasteiger partial charge in [-0.15, -0.1) is 0 Å². The summed E-state index contributed by atoms with van der Waals surface area (Å²) < 4.78 is 2.00. The first-order valence-corrected chi connectivity index (χ1v) is 6.03. The highest BCUT2D eigenvalue weighted by molar-refractivity contribution is 6.30. The molecule has 2 rings (SSSR count). The molecule has 0 aliphatic heterocycles. The standard InChI is InChI=1S/C13H14ClN3O/c14-11-4-3-5-12(10-11)16-13(18)15-6-9-17-7-1-2-8-17/h1-5,7-8,10H,6,9H2,(H2,15,16,18). The largest absolute Gasteiger partial charge is 0.353 e. The number of halogens is 1. The number of amides is 2. The molecule has 0 atom stereocenters. The predicted molar refractivity (Wildman–Crippen MR) is 72.9 cm³/mol. The number of nitrogens with zero attached hydrogens (tertiary/aromatic N) is 1. The van der Waals surface area contributed by atoms with E-state index < -0.39 is 0 Å². The van der Waals surface area contributed by atoms with Crippen LogP contribution in [0.4, 0.5) is 10.5 Å². The zero-order valence-electron chi connectivity index (χ0n) is 9.77. The molecular weight excluding hydrogens is 250 g/mol. The van der Waals surface area contributed by atoms with Crippen LogP contribution in [0.25, 0.3) is 0 Å². The smallest absolute Gasteiger partial charge is 0.319 e. The summed E-state index contributed by atoms with van der Waals surface area (Å²) in [6.45, 7) is 1.32. The van der Waals surface area contributed by atoms with E-state index in [0.717, 1.165) is 6.54 Å².